The molecule has 0 saturated carbocycles. The highest BCUT2D eigenvalue weighted by molar-refractivity contribution is 9.10. The molecule has 5 nitrogen and oxygen atoms in total. The number of nitrogens with zero attached hydrogens (tertiary/aromatic N) is 3. The van der Waals surface area contributed by atoms with E-state index in [2.05, 4.69) is 42.6 Å². The number of aromatic nitrogens is 3. The summed E-state index contributed by atoms with van der Waals surface area (Å²) in [7, 11) is 1.65. The molecule has 0 spiro atoms. The zero-order valence-corrected chi connectivity index (χ0v) is 14.7. The van der Waals surface area contributed by atoms with Gasteiger partial charge in [-0.25, -0.2) is 9.97 Å². The highest BCUT2D eigenvalue weighted by atomic mass is 79.9. The molecular formula is C16H13BrN4OS. The Balaban J connectivity index is 1.74. The van der Waals surface area contributed by atoms with E-state index in [1.807, 2.05) is 24.5 Å². The molecule has 4 aromatic rings. The van der Waals surface area contributed by atoms with Crippen molar-refractivity contribution in [1.82, 2.24) is 14.5 Å². The average Bonchev–Trinajstić information content (AvgIpc) is 3.09. The Kier molecular flexibility index (Phi) is 3.46. The molecule has 0 bridgehead atoms. The predicted octanol–water partition coefficient (Wildman–Crippen LogP) is 4.05. The number of anilines is 1. The Morgan fingerprint density at radius 3 is 2.96 bits per heavy atom. The van der Waals surface area contributed by atoms with Crippen LogP contribution in [0.15, 0.2) is 41.1 Å². The Morgan fingerprint density at radius 1 is 1.26 bits per heavy atom. The van der Waals surface area contributed by atoms with Crippen molar-refractivity contribution in [1.29, 1.82) is 0 Å². The number of methoxy groups -OCH3 is 1. The lowest BCUT2D eigenvalue weighted by atomic mass is 10.2. The van der Waals surface area contributed by atoms with Crippen LogP contribution in [0.4, 0.5) is 5.13 Å². The molecule has 0 aliphatic heterocycles. The molecule has 0 amide bonds. The van der Waals surface area contributed by atoms with E-state index < -0.39 is 0 Å². The van der Waals surface area contributed by atoms with Crippen LogP contribution >= 0.6 is 27.3 Å². The SMILES string of the molecule is COc1cc2ncn(Cc3ccc4nc(N)sc4c3)c2cc1Br. The van der Waals surface area contributed by atoms with Crippen LogP contribution in [0.1, 0.15) is 5.56 Å². The molecule has 2 N–H and O–H groups in total. The Hall–Kier alpha value is -2.12. The van der Waals surface area contributed by atoms with E-state index in [0.717, 1.165) is 38.0 Å². The maximum atomic E-state index is 5.77. The first-order chi connectivity index (χ1) is 11.1. The second kappa shape index (κ2) is 5.50. The largest absolute Gasteiger partial charge is 0.495 e. The van der Waals surface area contributed by atoms with Crippen LogP contribution in [0.25, 0.3) is 21.3 Å². The molecule has 0 saturated heterocycles. The van der Waals surface area contributed by atoms with E-state index in [-0.39, 0.29) is 0 Å². The standard InChI is InChI=1S/C16H13BrN4OS/c1-22-14-6-12-13(5-10(14)17)21(8-19-12)7-9-2-3-11-15(4-9)23-16(18)20-11/h2-6,8H,7H2,1H3,(H2,18,20). The summed E-state index contributed by atoms with van der Waals surface area (Å²) in [6.45, 7) is 0.739. The molecule has 0 radical (unpaired) electrons. The second-order valence-corrected chi connectivity index (χ2v) is 7.12. The highest BCUT2D eigenvalue weighted by Crippen LogP contribution is 2.30. The highest BCUT2D eigenvalue weighted by Gasteiger charge is 2.09. The molecule has 7 heteroatoms. The number of fused-ring (bicyclic) bond motifs is 2. The van der Waals surface area contributed by atoms with E-state index in [9.17, 15) is 0 Å². The lowest BCUT2D eigenvalue weighted by Crippen LogP contribution is -1.98. The molecule has 4 rings (SSSR count). The third kappa shape index (κ3) is 2.55. The number of hydrogen-bond acceptors (Lipinski definition) is 5. The Morgan fingerprint density at radius 2 is 2.13 bits per heavy atom. The molecule has 2 heterocycles. The zero-order valence-electron chi connectivity index (χ0n) is 12.3. The number of imidazole rings is 1. The number of rotatable bonds is 3. The van der Waals surface area contributed by atoms with Crippen LogP contribution in [0.5, 0.6) is 5.75 Å². The third-order valence-corrected chi connectivity index (χ3v) is 5.18. The average molecular weight is 389 g/mol. The van der Waals surface area contributed by atoms with Crippen molar-refractivity contribution < 1.29 is 4.74 Å². The molecule has 116 valence electrons. The van der Waals surface area contributed by atoms with Gasteiger partial charge in [-0.15, -0.1) is 0 Å². The first kappa shape index (κ1) is 14.5. The number of halogens is 1. The molecule has 23 heavy (non-hydrogen) atoms. The minimum Gasteiger partial charge on any atom is -0.495 e. The number of hydrogen-bond donors (Lipinski definition) is 1. The van der Waals surface area contributed by atoms with Gasteiger partial charge < -0.3 is 15.0 Å². The van der Waals surface area contributed by atoms with Gasteiger partial charge in [-0.3, -0.25) is 0 Å². The summed E-state index contributed by atoms with van der Waals surface area (Å²) >= 11 is 5.04. The molecule has 0 atom stereocenters. The van der Waals surface area contributed by atoms with Gasteiger partial charge in [-0.05, 0) is 39.7 Å². The normalized spacial score (nSPS) is 11.4. The van der Waals surface area contributed by atoms with Crippen molar-refractivity contribution in [2.75, 3.05) is 12.8 Å². The van der Waals surface area contributed by atoms with Gasteiger partial charge >= 0.3 is 0 Å². The molecule has 2 aromatic carbocycles. The van der Waals surface area contributed by atoms with Crippen LogP contribution in [0, 0.1) is 0 Å². The fourth-order valence-electron chi connectivity index (χ4n) is 2.62. The van der Waals surface area contributed by atoms with E-state index in [1.165, 1.54) is 16.9 Å². The van der Waals surface area contributed by atoms with Gasteiger partial charge in [0.05, 0.1) is 39.2 Å². The topological polar surface area (TPSA) is 66.0 Å². The van der Waals surface area contributed by atoms with Gasteiger partial charge in [0.2, 0.25) is 0 Å². The number of nitrogen functional groups attached to an aromatic ring is 1. The van der Waals surface area contributed by atoms with Gasteiger partial charge in [0.25, 0.3) is 0 Å². The number of ether oxygens (including phenoxy) is 1. The fraction of sp³-hybridized carbons (Fsp3) is 0.125. The predicted molar refractivity (Wildman–Crippen MR) is 97.1 cm³/mol. The third-order valence-electron chi connectivity index (χ3n) is 3.72. The summed E-state index contributed by atoms with van der Waals surface area (Å²) in [4.78, 5) is 8.75. The smallest absolute Gasteiger partial charge is 0.181 e. The first-order valence-corrected chi connectivity index (χ1v) is 8.58. The van der Waals surface area contributed by atoms with Gasteiger partial charge in [0.1, 0.15) is 5.75 Å². The van der Waals surface area contributed by atoms with E-state index in [4.69, 9.17) is 10.5 Å². The van der Waals surface area contributed by atoms with Crippen LogP contribution in [0.2, 0.25) is 0 Å². The van der Waals surface area contributed by atoms with E-state index in [1.54, 1.807) is 7.11 Å². The summed E-state index contributed by atoms with van der Waals surface area (Å²) in [5.74, 6) is 0.782. The van der Waals surface area contributed by atoms with Gasteiger partial charge in [-0.1, -0.05) is 17.4 Å². The van der Waals surface area contributed by atoms with Crippen molar-refractivity contribution in [2.45, 2.75) is 6.54 Å². The minimum absolute atomic E-state index is 0.598. The quantitative estimate of drug-likeness (QED) is 0.574. The van der Waals surface area contributed by atoms with Gasteiger partial charge in [-0.2, -0.15) is 0 Å². The summed E-state index contributed by atoms with van der Waals surface area (Å²) in [5, 5.41) is 0.598. The van der Waals surface area contributed by atoms with Crippen molar-refractivity contribution >= 4 is 53.6 Å². The number of benzene rings is 2. The molecular weight excluding hydrogens is 376 g/mol. The van der Waals surface area contributed by atoms with Crippen LogP contribution < -0.4 is 10.5 Å². The van der Waals surface area contributed by atoms with Crippen molar-refractivity contribution in [3.8, 4) is 5.75 Å². The summed E-state index contributed by atoms with van der Waals surface area (Å²) in [5.41, 5.74) is 9.87. The first-order valence-electron chi connectivity index (χ1n) is 6.97. The van der Waals surface area contributed by atoms with Crippen LogP contribution in [-0.4, -0.2) is 21.6 Å². The summed E-state index contributed by atoms with van der Waals surface area (Å²) < 4.78 is 9.45. The molecule has 2 aromatic heterocycles. The Bertz CT molecular complexity index is 1020. The Labute approximate surface area is 144 Å². The van der Waals surface area contributed by atoms with Crippen molar-refractivity contribution in [3.63, 3.8) is 0 Å². The minimum atomic E-state index is 0.598. The maximum absolute atomic E-state index is 5.77. The summed E-state index contributed by atoms with van der Waals surface area (Å²) in [6.07, 6.45) is 1.85. The summed E-state index contributed by atoms with van der Waals surface area (Å²) in [6, 6.07) is 10.2. The lowest BCUT2D eigenvalue weighted by molar-refractivity contribution is 0.412. The molecule has 0 fully saturated rings. The fourth-order valence-corrected chi connectivity index (χ4v) is 3.92. The maximum Gasteiger partial charge on any atom is 0.181 e. The van der Waals surface area contributed by atoms with Crippen LogP contribution in [0.3, 0.4) is 0 Å². The second-order valence-electron chi connectivity index (χ2n) is 5.20. The number of nitrogens with two attached hydrogens (primary N) is 1. The van der Waals surface area contributed by atoms with Gasteiger partial charge in [0.15, 0.2) is 5.13 Å². The monoisotopic (exact) mass is 388 g/mol. The van der Waals surface area contributed by atoms with E-state index in [0.29, 0.717) is 5.13 Å². The van der Waals surface area contributed by atoms with Gasteiger partial charge in [0, 0.05) is 12.6 Å². The van der Waals surface area contributed by atoms with Crippen molar-refractivity contribution in [3.05, 3.63) is 46.7 Å². The van der Waals surface area contributed by atoms with E-state index >= 15 is 0 Å². The lowest BCUT2D eigenvalue weighted by Gasteiger charge is -2.07. The molecule has 0 aliphatic rings. The molecule has 0 unspecified atom stereocenters. The van der Waals surface area contributed by atoms with Crippen molar-refractivity contribution in [2.24, 2.45) is 0 Å². The number of thiazole rings is 1. The molecule has 0 aliphatic carbocycles. The van der Waals surface area contributed by atoms with Crippen LogP contribution in [-0.2, 0) is 6.54 Å². The zero-order chi connectivity index (χ0) is 16.0.